The van der Waals surface area contributed by atoms with Crippen LogP contribution in [0.4, 0.5) is 4.39 Å². The summed E-state index contributed by atoms with van der Waals surface area (Å²) in [5.74, 6) is 0. The summed E-state index contributed by atoms with van der Waals surface area (Å²) in [7, 11) is 1.53. The fourth-order valence-corrected chi connectivity index (χ4v) is 5.43. The van der Waals surface area contributed by atoms with Gasteiger partial charge in [-0.05, 0) is 19.9 Å². The minimum absolute atomic E-state index is 0. The van der Waals surface area contributed by atoms with E-state index in [2.05, 4.69) is 5.32 Å². The van der Waals surface area contributed by atoms with Gasteiger partial charge >= 0.3 is 0 Å². The van der Waals surface area contributed by atoms with Gasteiger partial charge in [-0.25, -0.2) is 4.39 Å². The SMILES string of the molecule is C.CNC1C(O[C@H]2OC(CF)[C@@H](N)[C@H](O)C2O)O[C@H]2CC(N)[C@@H](O[C@@H]3C(N)C[C@@H](N)C(O)[C@H]3O)OC2C1O. The number of ether oxygens (including phenoxy) is 5. The Bertz CT molecular complexity index is 761. The van der Waals surface area contributed by atoms with Crippen LogP contribution in [-0.4, -0.2) is 143 Å². The average molecular weight is 558 g/mol. The number of halogens is 1. The van der Waals surface area contributed by atoms with Gasteiger partial charge in [-0.3, -0.25) is 0 Å². The van der Waals surface area contributed by atoms with E-state index in [1.165, 1.54) is 7.05 Å². The Morgan fingerprint density at radius 3 is 2.08 bits per heavy atom. The quantitative estimate of drug-likeness (QED) is 0.146. The molecule has 3 heterocycles. The van der Waals surface area contributed by atoms with Crippen molar-refractivity contribution in [3.8, 4) is 0 Å². The fourth-order valence-electron chi connectivity index (χ4n) is 5.43. The van der Waals surface area contributed by atoms with Crippen LogP contribution in [0, 0.1) is 0 Å². The maximum atomic E-state index is 13.3. The molecule has 9 unspecified atom stereocenters. The molecule has 0 aromatic carbocycles. The Balaban J connectivity index is 0.00000400. The number of aliphatic hydroxyl groups is 5. The third-order valence-electron chi connectivity index (χ3n) is 7.72. The van der Waals surface area contributed by atoms with E-state index in [-0.39, 0.29) is 20.3 Å². The zero-order valence-electron chi connectivity index (χ0n) is 20.4. The Morgan fingerprint density at radius 2 is 1.45 bits per heavy atom. The van der Waals surface area contributed by atoms with Gasteiger partial charge in [-0.1, -0.05) is 7.43 Å². The summed E-state index contributed by atoms with van der Waals surface area (Å²) in [5, 5.41) is 55.1. The highest BCUT2D eigenvalue weighted by Crippen LogP contribution is 2.35. The molecule has 17 atom stereocenters. The molecule has 0 aromatic rings. The van der Waals surface area contributed by atoms with Crippen LogP contribution in [0.2, 0.25) is 0 Å². The lowest BCUT2D eigenvalue weighted by Crippen LogP contribution is -2.70. The van der Waals surface area contributed by atoms with Gasteiger partial charge in [0.25, 0.3) is 0 Å². The second kappa shape index (κ2) is 12.9. The van der Waals surface area contributed by atoms with Crippen molar-refractivity contribution in [2.45, 2.75) is 124 Å². The van der Waals surface area contributed by atoms with Crippen LogP contribution in [0.3, 0.4) is 0 Å². The highest BCUT2D eigenvalue weighted by Gasteiger charge is 2.54. The van der Waals surface area contributed by atoms with E-state index in [1.807, 2.05) is 0 Å². The molecule has 4 rings (SSSR count). The maximum absolute atomic E-state index is 13.3. The van der Waals surface area contributed by atoms with Gasteiger partial charge < -0.3 is 77.5 Å². The smallest absolute Gasteiger partial charge is 0.189 e. The average Bonchev–Trinajstić information content (AvgIpc) is 2.86. The molecule has 16 heteroatoms. The molecule has 1 aliphatic carbocycles. The first kappa shape index (κ1) is 31.9. The Morgan fingerprint density at radius 1 is 0.763 bits per heavy atom. The molecule has 38 heavy (non-hydrogen) atoms. The number of rotatable bonds is 6. The predicted octanol–water partition coefficient (Wildman–Crippen LogP) is -5.34. The first-order valence-electron chi connectivity index (χ1n) is 12.4. The molecule has 0 aromatic heterocycles. The van der Waals surface area contributed by atoms with Crippen molar-refractivity contribution in [3.05, 3.63) is 0 Å². The zero-order chi connectivity index (χ0) is 27.2. The summed E-state index contributed by atoms with van der Waals surface area (Å²) in [5.41, 5.74) is 23.9. The first-order chi connectivity index (χ1) is 17.5. The van der Waals surface area contributed by atoms with Crippen LogP contribution < -0.4 is 28.3 Å². The Hall–Kier alpha value is -0.670. The molecule has 0 radical (unpaired) electrons. The third kappa shape index (κ3) is 6.00. The van der Waals surface area contributed by atoms with Crippen molar-refractivity contribution in [2.75, 3.05) is 13.7 Å². The Kier molecular flexibility index (Phi) is 10.8. The van der Waals surface area contributed by atoms with E-state index in [0.717, 1.165) is 0 Å². The molecule has 1 saturated carbocycles. The lowest BCUT2D eigenvalue weighted by atomic mass is 9.84. The molecule has 0 bridgehead atoms. The monoisotopic (exact) mass is 557 g/mol. The second-order valence-corrected chi connectivity index (χ2v) is 10.3. The fraction of sp³-hybridized carbons (Fsp3) is 1.00. The topological polar surface area (TPSA) is 263 Å². The minimum Gasteiger partial charge on any atom is -0.389 e. The Labute approximate surface area is 220 Å². The van der Waals surface area contributed by atoms with E-state index in [4.69, 9.17) is 46.6 Å². The van der Waals surface area contributed by atoms with Crippen molar-refractivity contribution in [2.24, 2.45) is 22.9 Å². The van der Waals surface area contributed by atoms with Crippen molar-refractivity contribution in [1.29, 1.82) is 0 Å². The number of likely N-dealkylation sites (N-methyl/N-ethyl adjacent to an activating group) is 1. The molecule has 0 spiro atoms. The van der Waals surface area contributed by atoms with Crippen molar-refractivity contribution < 1.29 is 53.6 Å². The number of alkyl halides is 1. The summed E-state index contributed by atoms with van der Waals surface area (Å²) in [6, 6.07) is -4.24. The molecule has 4 fully saturated rings. The molecule has 0 amide bonds. The van der Waals surface area contributed by atoms with Gasteiger partial charge in [0.15, 0.2) is 18.9 Å². The van der Waals surface area contributed by atoms with E-state index in [9.17, 15) is 29.9 Å². The molecule has 224 valence electrons. The molecule has 14 N–H and O–H groups in total. The third-order valence-corrected chi connectivity index (χ3v) is 7.72. The van der Waals surface area contributed by atoms with Crippen molar-refractivity contribution in [1.82, 2.24) is 5.32 Å². The van der Waals surface area contributed by atoms with Crippen LogP contribution >= 0.6 is 0 Å². The molecule has 3 aliphatic heterocycles. The lowest BCUT2D eigenvalue weighted by molar-refractivity contribution is -0.372. The van der Waals surface area contributed by atoms with Crippen LogP contribution in [0.1, 0.15) is 20.3 Å². The number of nitrogens with two attached hydrogens (primary N) is 4. The molecule has 3 saturated heterocycles. The van der Waals surface area contributed by atoms with Gasteiger partial charge in [-0.15, -0.1) is 0 Å². The lowest BCUT2D eigenvalue weighted by Gasteiger charge is -2.51. The number of fused-ring (bicyclic) bond motifs is 1. The number of hydrogen-bond acceptors (Lipinski definition) is 15. The van der Waals surface area contributed by atoms with Gasteiger partial charge in [0.2, 0.25) is 0 Å². The van der Waals surface area contributed by atoms with Crippen LogP contribution in [-0.2, 0) is 23.7 Å². The van der Waals surface area contributed by atoms with E-state index >= 15 is 0 Å². The van der Waals surface area contributed by atoms with Crippen molar-refractivity contribution >= 4 is 0 Å². The summed E-state index contributed by atoms with van der Waals surface area (Å²) in [6.45, 7) is -1.01. The molecule has 4 aliphatic rings. The summed E-state index contributed by atoms with van der Waals surface area (Å²) in [6.07, 6.45) is -14.3. The standard InChI is InChI=1S/C21H40FN5O10.CH4/c1-27-11-14(30)18-8(33-20(11)37-21-16(32)13(29)10(26)9(4-22)34-21)3-7(25)19(36-18)35-17-6(24)2-5(23)12(28)15(17)31;/h5-21,27-32H,2-4,23-26H2,1H3;1H4/t5-,6?,7?,8+,9?,10-,11?,12?,13+,14?,15-,16?,17-,18?,19+,20?,21-;/m1./s1. The number of aliphatic hydroxyl groups excluding tert-OH is 5. The van der Waals surface area contributed by atoms with Crippen LogP contribution in [0.5, 0.6) is 0 Å². The highest BCUT2D eigenvalue weighted by atomic mass is 19.1. The second-order valence-electron chi connectivity index (χ2n) is 10.3. The van der Waals surface area contributed by atoms with Gasteiger partial charge in [0.05, 0.1) is 30.3 Å². The molecular weight excluding hydrogens is 513 g/mol. The summed E-state index contributed by atoms with van der Waals surface area (Å²) >= 11 is 0. The normalized spacial score (nSPS) is 53.6. The highest BCUT2D eigenvalue weighted by molar-refractivity contribution is 5.01. The van der Waals surface area contributed by atoms with Crippen LogP contribution in [0.15, 0.2) is 0 Å². The van der Waals surface area contributed by atoms with E-state index in [1.54, 1.807) is 0 Å². The van der Waals surface area contributed by atoms with Gasteiger partial charge in [-0.2, -0.15) is 0 Å². The van der Waals surface area contributed by atoms with E-state index < -0.39 is 111 Å². The summed E-state index contributed by atoms with van der Waals surface area (Å²) in [4.78, 5) is 0. The number of nitrogens with one attached hydrogen (secondary N) is 1. The number of hydrogen-bond donors (Lipinski definition) is 10. The van der Waals surface area contributed by atoms with E-state index in [0.29, 0.717) is 0 Å². The maximum Gasteiger partial charge on any atom is 0.189 e. The van der Waals surface area contributed by atoms with Crippen LogP contribution in [0.25, 0.3) is 0 Å². The molecule has 15 nitrogen and oxygen atoms in total. The van der Waals surface area contributed by atoms with Gasteiger partial charge in [0, 0.05) is 12.1 Å². The zero-order valence-corrected chi connectivity index (χ0v) is 20.4. The minimum atomic E-state index is -1.59. The largest absolute Gasteiger partial charge is 0.389 e. The van der Waals surface area contributed by atoms with Crippen molar-refractivity contribution in [3.63, 3.8) is 0 Å². The van der Waals surface area contributed by atoms with Gasteiger partial charge in [0.1, 0.15) is 49.4 Å². The first-order valence-corrected chi connectivity index (χ1v) is 12.4. The molecular formula is C22H44FN5O10. The predicted molar refractivity (Wildman–Crippen MR) is 129 cm³/mol. The summed E-state index contributed by atoms with van der Waals surface area (Å²) < 4.78 is 42.3.